The minimum Gasteiger partial charge on any atom is -0.395 e. The highest BCUT2D eigenvalue weighted by Gasteiger charge is 2.24. The quantitative estimate of drug-likeness (QED) is 0.686. The fourth-order valence-electron chi connectivity index (χ4n) is 2.22. The summed E-state index contributed by atoms with van der Waals surface area (Å²) in [5, 5.41) is 1.45. The van der Waals surface area contributed by atoms with Crippen LogP contribution in [0.5, 0.6) is 0 Å². The first-order chi connectivity index (χ1) is 6.79. The highest BCUT2D eigenvalue weighted by atomic mass is 16.2. The molecule has 0 spiro atoms. The van der Waals surface area contributed by atoms with Crippen molar-refractivity contribution in [3.8, 4) is 0 Å². The molecule has 2 N–H and O–H groups in total. The summed E-state index contributed by atoms with van der Waals surface area (Å²) in [6.45, 7) is 3.00. The Morgan fingerprint density at radius 2 is 2.07 bits per heavy atom. The van der Waals surface area contributed by atoms with Crippen molar-refractivity contribution >= 4 is 6.03 Å². The summed E-state index contributed by atoms with van der Waals surface area (Å²) in [5.41, 5.74) is 0. The van der Waals surface area contributed by atoms with Crippen LogP contribution in [0.3, 0.4) is 0 Å². The van der Waals surface area contributed by atoms with Crippen LogP contribution in [0.1, 0.15) is 45.4 Å². The smallest absolute Gasteiger partial charge is 0.389 e. The van der Waals surface area contributed by atoms with Crippen LogP contribution < -0.4 is 5.32 Å². The maximum Gasteiger partial charge on any atom is 0.389 e. The van der Waals surface area contributed by atoms with Crippen LogP contribution in [0.2, 0.25) is 0 Å². The van der Waals surface area contributed by atoms with Crippen molar-refractivity contribution in [3.63, 3.8) is 0 Å². The average molecular weight is 198 g/mol. The van der Waals surface area contributed by atoms with Gasteiger partial charge in [-0.15, -0.1) is 7.05 Å². The van der Waals surface area contributed by atoms with Gasteiger partial charge in [-0.3, -0.25) is 4.90 Å². The Bertz CT molecular complexity index is 176. The van der Waals surface area contributed by atoms with E-state index in [2.05, 4.69) is 14.0 Å². The van der Waals surface area contributed by atoms with E-state index in [-0.39, 0.29) is 6.03 Å². The highest BCUT2D eigenvalue weighted by molar-refractivity contribution is 5.64. The van der Waals surface area contributed by atoms with E-state index in [9.17, 15) is 4.79 Å². The number of hydrogen-bond acceptors (Lipinski definition) is 1. The molecule has 0 aromatic heterocycles. The zero-order valence-corrected chi connectivity index (χ0v) is 9.17. The van der Waals surface area contributed by atoms with E-state index in [1.807, 2.05) is 4.90 Å². The first-order valence-electron chi connectivity index (χ1n) is 5.72. The number of nitrogens with zero attached hydrogens (tertiary/aromatic N) is 1. The number of quaternary nitrogens is 1. The molecule has 82 valence electrons. The van der Waals surface area contributed by atoms with Gasteiger partial charge in [0.15, 0.2) is 0 Å². The van der Waals surface area contributed by atoms with Gasteiger partial charge in [0.25, 0.3) is 0 Å². The lowest BCUT2D eigenvalue weighted by Crippen LogP contribution is -2.85. The minimum atomic E-state index is 0.110. The Morgan fingerprint density at radius 1 is 1.43 bits per heavy atom. The third kappa shape index (κ3) is 2.98. The molecule has 1 fully saturated rings. The third-order valence-corrected chi connectivity index (χ3v) is 2.94. The SMILES string of the molecule is [CH2-][NH2+]C(=O)N(CCC)C1CCCCC1. The standard InChI is InChI=1S/C11H22N2O/c1-3-9-13(11(14)12-2)10-7-5-4-6-8-10/h10H,2-9,12H2,1H3. The Kier molecular flexibility index (Phi) is 4.94. The summed E-state index contributed by atoms with van der Waals surface area (Å²) in [7, 11) is 3.57. The van der Waals surface area contributed by atoms with Gasteiger partial charge in [0.05, 0.1) is 0 Å². The first kappa shape index (κ1) is 11.5. The minimum absolute atomic E-state index is 0.110. The zero-order valence-electron chi connectivity index (χ0n) is 9.17. The monoisotopic (exact) mass is 198 g/mol. The largest absolute Gasteiger partial charge is 0.395 e. The molecule has 0 unspecified atom stereocenters. The Hall–Kier alpha value is -0.570. The molecule has 1 aliphatic carbocycles. The molecule has 2 amide bonds. The van der Waals surface area contributed by atoms with Crippen molar-refractivity contribution in [2.45, 2.75) is 51.5 Å². The van der Waals surface area contributed by atoms with Crippen molar-refractivity contribution in [3.05, 3.63) is 7.05 Å². The van der Waals surface area contributed by atoms with Crippen LogP contribution >= 0.6 is 0 Å². The van der Waals surface area contributed by atoms with E-state index in [1.54, 1.807) is 0 Å². The van der Waals surface area contributed by atoms with Crippen molar-refractivity contribution in [1.29, 1.82) is 0 Å². The molecule has 0 aromatic carbocycles. The van der Waals surface area contributed by atoms with Gasteiger partial charge in [0.2, 0.25) is 0 Å². The van der Waals surface area contributed by atoms with Gasteiger partial charge in [-0.05, 0) is 19.3 Å². The van der Waals surface area contributed by atoms with Gasteiger partial charge < -0.3 is 5.32 Å². The molecular formula is C11H22N2O. The van der Waals surface area contributed by atoms with E-state index < -0.39 is 0 Å². The molecular weight excluding hydrogens is 176 g/mol. The molecule has 14 heavy (non-hydrogen) atoms. The fourth-order valence-corrected chi connectivity index (χ4v) is 2.22. The van der Waals surface area contributed by atoms with E-state index >= 15 is 0 Å². The molecule has 3 heteroatoms. The second-order valence-electron chi connectivity index (χ2n) is 4.03. The van der Waals surface area contributed by atoms with Gasteiger partial charge in [-0.1, -0.05) is 26.2 Å². The molecule has 0 atom stereocenters. The summed E-state index contributed by atoms with van der Waals surface area (Å²) < 4.78 is 0. The topological polar surface area (TPSA) is 36.9 Å². The average Bonchev–Trinajstić information content (AvgIpc) is 2.26. The molecule has 0 radical (unpaired) electrons. The molecule has 3 nitrogen and oxygen atoms in total. The Labute approximate surface area is 86.9 Å². The Balaban J connectivity index is 2.50. The van der Waals surface area contributed by atoms with Crippen molar-refractivity contribution in [1.82, 2.24) is 4.90 Å². The van der Waals surface area contributed by atoms with Crippen LogP contribution in [0.15, 0.2) is 0 Å². The van der Waals surface area contributed by atoms with Crippen LogP contribution in [0.25, 0.3) is 0 Å². The molecule has 1 saturated carbocycles. The van der Waals surface area contributed by atoms with E-state index in [0.717, 1.165) is 13.0 Å². The van der Waals surface area contributed by atoms with Crippen LogP contribution in [0.4, 0.5) is 4.79 Å². The van der Waals surface area contributed by atoms with Crippen molar-refractivity contribution < 1.29 is 10.1 Å². The summed E-state index contributed by atoms with van der Waals surface area (Å²) in [4.78, 5) is 13.6. The van der Waals surface area contributed by atoms with Gasteiger partial charge in [-0.25, -0.2) is 4.79 Å². The maximum atomic E-state index is 11.6. The predicted molar refractivity (Wildman–Crippen MR) is 56.5 cm³/mol. The number of carbonyl (C=O) groups excluding carboxylic acids is 1. The van der Waals surface area contributed by atoms with Gasteiger partial charge in [-0.2, -0.15) is 0 Å². The highest BCUT2D eigenvalue weighted by Crippen LogP contribution is 2.22. The van der Waals surface area contributed by atoms with Gasteiger partial charge in [0.1, 0.15) is 0 Å². The number of nitrogens with two attached hydrogens (primary N) is 1. The molecule has 1 aliphatic rings. The number of amides is 2. The lowest BCUT2D eigenvalue weighted by atomic mass is 9.94. The fraction of sp³-hybridized carbons (Fsp3) is 0.818. The Morgan fingerprint density at radius 3 is 2.57 bits per heavy atom. The molecule has 0 bridgehead atoms. The van der Waals surface area contributed by atoms with Crippen LogP contribution in [0, 0.1) is 7.05 Å². The normalized spacial score (nSPS) is 18.1. The third-order valence-electron chi connectivity index (χ3n) is 2.94. The van der Waals surface area contributed by atoms with E-state index in [1.165, 1.54) is 37.4 Å². The number of hydrogen-bond donors (Lipinski definition) is 1. The van der Waals surface area contributed by atoms with E-state index in [0.29, 0.717) is 6.04 Å². The van der Waals surface area contributed by atoms with Crippen LogP contribution in [-0.2, 0) is 0 Å². The molecule has 1 rings (SSSR count). The second kappa shape index (κ2) is 6.02. The predicted octanol–water partition coefficient (Wildman–Crippen LogP) is 1.51. The van der Waals surface area contributed by atoms with Gasteiger partial charge in [0, 0.05) is 12.6 Å². The maximum absolute atomic E-state index is 11.6. The van der Waals surface area contributed by atoms with Crippen molar-refractivity contribution in [2.75, 3.05) is 6.54 Å². The summed E-state index contributed by atoms with van der Waals surface area (Å²) in [6, 6.07) is 0.591. The van der Waals surface area contributed by atoms with Crippen molar-refractivity contribution in [2.24, 2.45) is 0 Å². The number of carbonyl (C=O) groups is 1. The lowest BCUT2D eigenvalue weighted by Gasteiger charge is -2.32. The molecule has 0 aliphatic heterocycles. The molecule has 0 heterocycles. The molecule has 0 saturated heterocycles. The van der Waals surface area contributed by atoms with Crippen LogP contribution in [-0.4, -0.2) is 23.5 Å². The molecule has 0 aromatic rings. The van der Waals surface area contributed by atoms with Gasteiger partial charge >= 0.3 is 6.03 Å². The number of rotatable bonds is 3. The first-order valence-corrected chi connectivity index (χ1v) is 5.72. The lowest BCUT2D eigenvalue weighted by molar-refractivity contribution is -0.499. The second-order valence-corrected chi connectivity index (χ2v) is 4.03. The number of urea groups is 1. The summed E-state index contributed by atoms with van der Waals surface area (Å²) in [5.74, 6) is 0. The van der Waals surface area contributed by atoms with E-state index in [4.69, 9.17) is 0 Å². The summed E-state index contributed by atoms with van der Waals surface area (Å²) >= 11 is 0. The zero-order chi connectivity index (χ0) is 10.4. The number of primary amides is 1. The summed E-state index contributed by atoms with van der Waals surface area (Å²) in [6.07, 6.45) is 7.28.